The molecule has 0 fully saturated rings. The molecule has 1 aromatic heterocycles. The Balaban J connectivity index is 1.61. The normalized spacial score (nSPS) is 11.7. The summed E-state index contributed by atoms with van der Waals surface area (Å²) in [6.45, 7) is 6.27. The number of rotatable bonds is 6. The van der Waals surface area contributed by atoms with Crippen molar-refractivity contribution >= 4 is 11.9 Å². The van der Waals surface area contributed by atoms with E-state index < -0.39 is 11.7 Å². The Bertz CT molecular complexity index is 983. The molecule has 3 nitrogen and oxygen atoms in total. The fourth-order valence-electron chi connectivity index (χ4n) is 2.65. The molecule has 3 aromatic rings. The summed E-state index contributed by atoms with van der Waals surface area (Å²) in [7, 11) is 0. The minimum absolute atomic E-state index is 0.296. The Kier molecular flexibility index (Phi) is 5.68. The van der Waals surface area contributed by atoms with Gasteiger partial charge in [-0.3, -0.25) is 0 Å². The lowest BCUT2D eigenvalue weighted by Gasteiger charge is -2.09. The number of hydrogen-bond acceptors (Lipinski definition) is 2. The van der Waals surface area contributed by atoms with Gasteiger partial charge in [0, 0.05) is 18.4 Å². The number of nitrogens with zero attached hydrogens (tertiary/aromatic N) is 2. The lowest BCUT2D eigenvalue weighted by molar-refractivity contribution is -0.137. The van der Waals surface area contributed by atoms with E-state index in [-0.39, 0.29) is 0 Å². The number of nitrogens with one attached hydrogen (secondary N) is 1. The Morgan fingerprint density at radius 1 is 1.18 bits per heavy atom. The molecular formula is C22H20F3N3. The number of aryl methyl sites for hydroxylation is 1. The number of aromatic nitrogens is 2. The first kappa shape index (κ1) is 19.5. The molecule has 6 heteroatoms. The van der Waals surface area contributed by atoms with Crippen LogP contribution in [0.1, 0.15) is 22.3 Å². The minimum atomic E-state index is -4.35. The van der Waals surface area contributed by atoms with Crippen LogP contribution in [0.2, 0.25) is 0 Å². The van der Waals surface area contributed by atoms with Crippen molar-refractivity contribution in [3.8, 4) is 0 Å². The molecule has 3 rings (SSSR count). The van der Waals surface area contributed by atoms with Crippen molar-refractivity contribution in [2.75, 3.05) is 5.32 Å². The van der Waals surface area contributed by atoms with Crippen molar-refractivity contribution in [1.82, 2.24) is 9.55 Å². The monoisotopic (exact) mass is 383 g/mol. The molecule has 0 saturated heterocycles. The summed E-state index contributed by atoms with van der Waals surface area (Å²) in [6.07, 6.45) is 2.73. The minimum Gasteiger partial charge on any atom is -0.339 e. The average Bonchev–Trinajstić information content (AvgIpc) is 3.07. The molecule has 0 aliphatic carbocycles. The van der Waals surface area contributed by atoms with Crippen LogP contribution >= 0.6 is 0 Å². The van der Waals surface area contributed by atoms with Crippen molar-refractivity contribution in [3.05, 3.63) is 102 Å². The summed E-state index contributed by atoms with van der Waals surface area (Å²) in [6, 6.07) is 13.4. The van der Waals surface area contributed by atoms with Crippen molar-refractivity contribution in [1.29, 1.82) is 0 Å². The van der Waals surface area contributed by atoms with Crippen LogP contribution in [-0.4, -0.2) is 9.55 Å². The van der Waals surface area contributed by atoms with E-state index in [9.17, 15) is 13.2 Å². The van der Waals surface area contributed by atoms with Gasteiger partial charge in [0.05, 0.1) is 11.9 Å². The maximum Gasteiger partial charge on any atom is 0.416 e. The SMILES string of the molecule is C=C(/C=C/c1ccc(C)cc1)Nc1cn(Cc2cccc(C(F)(F)F)c2)cn1. The van der Waals surface area contributed by atoms with E-state index in [0.717, 1.165) is 17.7 Å². The average molecular weight is 383 g/mol. The van der Waals surface area contributed by atoms with Gasteiger partial charge in [-0.15, -0.1) is 0 Å². The summed E-state index contributed by atoms with van der Waals surface area (Å²) < 4.78 is 40.2. The molecule has 0 atom stereocenters. The number of hydrogen-bond donors (Lipinski definition) is 1. The fourth-order valence-corrected chi connectivity index (χ4v) is 2.65. The third kappa shape index (κ3) is 5.36. The first-order valence-electron chi connectivity index (χ1n) is 8.68. The Hall–Kier alpha value is -3.28. The summed E-state index contributed by atoms with van der Waals surface area (Å²) in [4.78, 5) is 4.23. The van der Waals surface area contributed by atoms with E-state index >= 15 is 0 Å². The van der Waals surface area contributed by atoms with Gasteiger partial charge in [-0.2, -0.15) is 13.2 Å². The molecule has 0 amide bonds. The standard InChI is InChI=1S/C22H20F3N3/c1-16-6-9-18(10-7-16)11-8-17(2)27-21-14-28(15-26-21)13-19-4-3-5-20(12-19)22(23,24)25/h3-12,14-15,27H,2,13H2,1H3/b11-8+. The molecule has 1 N–H and O–H groups in total. The highest BCUT2D eigenvalue weighted by Crippen LogP contribution is 2.29. The van der Waals surface area contributed by atoms with Crippen molar-refractivity contribution in [2.24, 2.45) is 0 Å². The second-order valence-electron chi connectivity index (χ2n) is 6.52. The summed E-state index contributed by atoms with van der Waals surface area (Å²) in [5.41, 5.74) is 2.81. The molecule has 28 heavy (non-hydrogen) atoms. The lowest BCUT2D eigenvalue weighted by Crippen LogP contribution is -2.06. The van der Waals surface area contributed by atoms with Gasteiger partial charge >= 0.3 is 6.18 Å². The molecular weight excluding hydrogens is 363 g/mol. The zero-order valence-corrected chi connectivity index (χ0v) is 15.4. The molecule has 2 aromatic carbocycles. The highest BCUT2D eigenvalue weighted by Gasteiger charge is 2.30. The Morgan fingerprint density at radius 3 is 2.64 bits per heavy atom. The van der Waals surface area contributed by atoms with E-state index in [1.807, 2.05) is 43.3 Å². The number of alkyl halides is 3. The topological polar surface area (TPSA) is 29.9 Å². The van der Waals surface area contributed by atoms with Gasteiger partial charge < -0.3 is 9.88 Å². The van der Waals surface area contributed by atoms with Gasteiger partial charge in [-0.1, -0.05) is 54.6 Å². The predicted molar refractivity (Wildman–Crippen MR) is 106 cm³/mol. The lowest BCUT2D eigenvalue weighted by atomic mass is 10.1. The van der Waals surface area contributed by atoms with E-state index in [1.54, 1.807) is 23.2 Å². The number of imidazole rings is 1. The maximum absolute atomic E-state index is 12.8. The van der Waals surface area contributed by atoms with Crippen LogP contribution in [0.4, 0.5) is 19.0 Å². The smallest absolute Gasteiger partial charge is 0.339 e. The Labute approximate surface area is 161 Å². The molecule has 0 radical (unpaired) electrons. The van der Waals surface area contributed by atoms with Crippen LogP contribution in [0.15, 0.2) is 79.4 Å². The zero-order chi connectivity index (χ0) is 20.1. The third-order valence-electron chi connectivity index (χ3n) is 4.10. The second-order valence-corrected chi connectivity index (χ2v) is 6.52. The molecule has 144 valence electrons. The molecule has 0 spiro atoms. The first-order valence-corrected chi connectivity index (χ1v) is 8.68. The summed E-state index contributed by atoms with van der Waals surface area (Å²) in [5.74, 6) is 0.575. The summed E-state index contributed by atoms with van der Waals surface area (Å²) >= 11 is 0. The van der Waals surface area contributed by atoms with E-state index in [2.05, 4.69) is 16.9 Å². The molecule has 0 bridgehead atoms. The van der Waals surface area contributed by atoms with Gasteiger partial charge in [0.25, 0.3) is 0 Å². The quantitative estimate of drug-likeness (QED) is 0.537. The number of allylic oxidation sites excluding steroid dienone is 1. The first-order chi connectivity index (χ1) is 13.3. The second kappa shape index (κ2) is 8.17. The van der Waals surface area contributed by atoms with Crippen LogP contribution in [0.5, 0.6) is 0 Å². The van der Waals surface area contributed by atoms with Gasteiger partial charge in [0.15, 0.2) is 0 Å². The molecule has 0 unspecified atom stereocenters. The number of benzene rings is 2. The van der Waals surface area contributed by atoms with E-state index in [1.165, 1.54) is 11.6 Å². The third-order valence-corrected chi connectivity index (χ3v) is 4.10. The van der Waals surface area contributed by atoms with E-state index in [0.29, 0.717) is 23.6 Å². The van der Waals surface area contributed by atoms with Crippen LogP contribution in [-0.2, 0) is 12.7 Å². The van der Waals surface area contributed by atoms with Gasteiger partial charge in [0.2, 0.25) is 0 Å². The van der Waals surface area contributed by atoms with Crippen molar-refractivity contribution in [2.45, 2.75) is 19.6 Å². The van der Waals surface area contributed by atoms with Gasteiger partial charge in [0.1, 0.15) is 5.82 Å². The molecule has 1 heterocycles. The van der Waals surface area contributed by atoms with E-state index in [4.69, 9.17) is 0 Å². The molecule has 0 saturated carbocycles. The fraction of sp³-hybridized carbons (Fsp3) is 0.136. The number of anilines is 1. The van der Waals surface area contributed by atoms with Crippen molar-refractivity contribution < 1.29 is 13.2 Å². The van der Waals surface area contributed by atoms with Gasteiger partial charge in [-0.05, 0) is 36.3 Å². The van der Waals surface area contributed by atoms with Crippen LogP contribution in [0.3, 0.4) is 0 Å². The van der Waals surface area contributed by atoms with Gasteiger partial charge in [-0.25, -0.2) is 4.98 Å². The highest BCUT2D eigenvalue weighted by atomic mass is 19.4. The van der Waals surface area contributed by atoms with Crippen LogP contribution < -0.4 is 5.32 Å². The van der Waals surface area contributed by atoms with Crippen LogP contribution in [0.25, 0.3) is 6.08 Å². The Morgan fingerprint density at radius 2 is 1.93 bits per heavy atom. The van der Waals surface area contributed by atoms with Crippen LogP contribution in [0, 0.1) is 6.92 Å². The summed E-state index contributed by atoms with van der Waals surface area (Å²) in [5, 5.41) is 3.07. The number of halogens is 3. The zero-order valence-electron chi connectivity index (χ0n) is 15.4. The maximum atomic E-state index is 12.8. The predicted octanol–water partition coefficient (Wildman–Crippen LogP) is 5.90. The molecule has 0 aliphatic heterocycles. The largest absolute Gasteiger partial charge is 0.416 e. The highest BCUT2D eigenvalue weighted by molar-refractivity contribution is 5.55. The molecule has 0 aliphatic rings. The van der Waals surface area contributed by atoms with Crippen molar-refractivity contribution in [3.63, 3.8) is 0 Å².